The molecule has 0 aliphatic rings. The van der Waals surface area contributed by atoms with Crippen molar-refractivity contribution in [3.8, 4) is 11.1 Å². The number of hydrogen-bond donors (Lipinski definition) is 0. The lowest BCUT2D eigenvalue weighted by Gasteiger charge is -2.06. The lowest BCUT2D eigenvalue weighted by atomic mass is 9.98. The summed E-state index contributed by atoms with van der Waals surface area (Å²) >= 11 is 0. The van der Waals surface area contributed by atoms with E-state index < -0.39 is 0 Å². The summed E-state index contributed by atoms with van der Waals surface area (Å²) in [7, 11) is 0. The fraction of sp³-hybridized carbons (Fsp3) is 0.200. The highest BCUT2D eigenvalue weighted by Gasteiger charge is 2.01. The van der Waals surface area contributed by atoms with Gasteiger partial charge in [-0.3, -0.25) is 0 Å². The van der Waals surface area contributed by atoms with Gasteiger partial charge in [0.25, 0.3) is 0 Å². The van der Waals surface area contributed by atoms with Crippen LogP contribution in [0.15, 0.2) is 54.6 Å². The first-order chi connectivity index (χ1) is 9.52. The van der Waals surface area contributed by atoms with Crippen molar-refractivity contribution in [2.75, 3.05) is 0 Å². The molecular formula is C20H22. The molecule has 20 heavy (non-hydrogen) atoms. The highest BCUT2D eigenvalue weighted by atomic mass is 14.1. The van der Waals surface area contributed by atoms with Crippen molar-refractivity contribution in [1.82, 2.24) is 0 Å². The Kier molecular flexibility index (Phi) is 4.24. The van der Waals surface area contributed by atoms with Gasteiger partial charge in [0.15, 0.2) is 0 Å². The van der Waals surface area contributed by atoms with Gasteiger partial charge in [0.05, 0.1) is 0 Å². The summed E-state index contributed by atoms with van der Waals surface area (Å²) in [6.45, 7) is 14.6. The van der Waals surface area contributed by atoms with Gasteiger partial charge < -0.3 is 0 Å². The normalized spacial score (nSPS) is 12.2. The number of benzene rings is 2. The standard InChI is InChI=1S/C20H22/c1-6-19(14(2)3)20-12-11-18(13-16(20)5)17-9-7-15(4)8-10-17/h7-13H,2,5-6H2,1,3-4H3/b20-19+. The highest BCUT2D eigenvalue weighted by molar-refractivity contribution is 5.67. The first-order valence-corrected chi connectivity index (χ1v) is 7.08. The molecule has 0 heterocycles. The Morgan fingerprint density at radius 2 is 1.60 bits per heavy atom. The first-order valence-electron chi connectivity index (χ1n) is 7.08. The van der Waals surface area contributed by atoms with Crippen molar-refractivity contribution < 1.29 is 0 Å². The molecule has 0 unspecified atom stereocenters. The van der Waals surface area contributed by atoms with Gasteiger partial charge in [0, 0.05) is 0 Å². The molecule has 0 nitrogen and oxygen atoms in total. The highest BCUT2D eigenvalue weighted by Crippen LogP contribution is 2.17. The van der Waals surface area contributed by atoms with Gasteiger partial charge in [-0.25, -0.2) is 0 Å². The summed E-state index contributed by atoms with van der Waals surface area (Å²) in [5.41, 5.74) is 6.16. The van der Waals surface area contributed by atoms with Crippen molar-refractivity contribution in [3.63, 3.8) is 0 Å². The van der Waals surface area contributed by atoms with Crippen molar-refractivity contribution in [2.24, 2.45) is 0 Å². The van der Waals surface area contributed by atoms with Crippen LogP contribution >= 0.6 is 0 Å². The van der Waals surface area contributed by atoms with Gasteiger partial charge in [-0.2, -0.15) is 0 Å². The van der Waals surface area contributed by atoms with E-state index in [0.29, 0.717) is 0 Å². The molecule has 0 bridgehead atoms. The number of aryl methyl sites for hydroxylation is 1. The Hall–Kier alpha value is -2.08. The van der Waals surface area contributed by atoms with E-state index in [9.17, 15) is 0 Å². The molecule has 2 rings (SSSR count). The quantitative estimate of drug-likeness (QED) is 0.777. The lowest BCUT2D eigenvalue weighted by Crippen LogP contribution is -2.25. The predicted molar refractivity (Wildman–Crippen MR) is 89.9 cm³/mol. The average molecular weight is 262 g/mol. The largest absolute Gasteiger partial charge is 0.0958 e. The van der Waals surface area contributed by atoms with Gasteiger partial charge in [0.1, 0.15) is 0 Å². The van der Waals surface area contributed by atoms with E-state index >= 15 is 0 Å². The van der Waals surface area contributed by atoms with E-state index in [2.05, 4.69) is 76.4 Å². The minimum atomic E-state index is 0.988. The molecule has 0 aliphatic carbocycles. The van der Waals surface area contributed by atoms with Crippen molar-refractivity contribution in [3.05, 3.63) is 70.6 Å². The van der Waals surface area contributed by atoms with E-state index in [1.165, 1.54) is 27.5 Å². The molecule has 2 aromatic rings. The fourth-order valence-corrected chi connectivity index (χ4v) is 2.54. The number of rotatable bonds is 3. The van der Waals surface area contributed by atoms with Gasteiger partial charge in [-0.15, -0.1) is 0 Å². The maximum Gasteiger partial charge on any atom is -0.0155 e. The summed E-state index contributed by atoms with van der Waals surface area (Å²) in [6, 6.07) is 15.1. The third kappa shape index (κ3) is 2.91. The Morgan fingerprint density at radius 3 is 2.10 bits per heavy atom. The SMILES string of the molecule is C=C(C)/C(CC)=c1\ccc(-c2ccc(C)cc2)cc1=C. The van der Waals surface area contributed by atoms with E-state index in [-0.39, 0.29) is 0 Å². The zero-order chi connectivity index (χ0) is 14.7. The summed E-state index contributed by atoms with van der Waals surface area (Å²) < 4.78 is 0. The second-order valence-electron chi connectivity index (χ2n) is 5.35. The van der Waals surface area contributed by atoms with E-state index in [0.717, 1.165) is 17.2 Å². The molecule has 0 fully saturated rings. The van der Waals surface area contributed by atoms with E-state index in [1.54, 1.807) is 0 Å². The Bertz CT molecular complexity index is 731. The van der Waals surface area contributed by atoms with Crippen molar-refractivity contribution in [2.45, 2.75) is 27.2 Å². The Morgan fingerprint density at radius 1 is 1.00 bits per heavy atom. The second kappa shape index (κ2) is 5.92. The van der Waals surface area contributed by atoms with Crippen LogP contribution in [0.25, 0.3) is 23.3 Å². The maximum atomic E-state index is 4.21. The van der Waals surface area contributed by atoms with E-state index in [4.69, 9.17) is 0 Å². The zero-order valence-corrected chi connectivity index (χ0v) is 12.7. The van der Waals surface area contributed by atoms with Gasteiger partial charge in [-0.1, -0.05) is 67.6 Å². The molecule has 0 radical (unpaired) electrons. The van der Waals surface area contributed by atoms with Crippen LogP contribution in [-0.2, 0) is 0 Å². The summed E-state index contributed by atoms with van der Waals surface area (Å²) in [6.07, 6.45) is 0.988. The summed E-state index contributed by atoms with van der Waals surface area (Å²) in [4.78, 5) is 0. The second-order valence-corrected chi connectivity index (χ2v) is 5.35. The van der Waals surface area contributed by atoms with Crippen LogP contribution in [0.5, 0.6) is 0 Å². The smallest absolute Gasteiger partial charge is 0.0155 e. The van der Waals surface area contributed by atoms with Crippen LogP contribution in [0.4, 0.5) is 0 Å². The molecule has 0 amide bonds. The predicted octanol–water partition coefficient (Wildman–Crippen LogP) is 4.21. The molecule has 0 atom stereocenters. The maximum absolute atomic E-state index is 4.21. The number of allylic oxidation sites excluding steroid dienone is 1. The van der Waals surface area contributed by atoms with Gasteiger partial charge in [-0.05, 0) is 53.5 Å². The van der Waals surface area contributed by atoms with Crippen molar-refractivity contribution >= 4 is 12.2 Å². The summed E-state index contributed by atoms with van der Waals surface area (Å²) in [5, 5.41) is 2.29. The van der Waals surface area contributed by atoms with Crippen molar-refractivity contribution in [1.29, 1.82) is 0 Å². The lowest BCUT2D eigenvalue weighted by molar-refractivity contribution is 1.20. The van der Waals surface area contributed by atoms with Crippen LogP contribution in [-0.4, -0.2) is 0 Å². The molecule has 0 saturated heterocycles. The van der Waals surface area contributed by atoms with E-state index in [1.807, 2.05) is 0 Å². The zero-order valence-electron chi connectivity index (χ0n) is 12.7. The van der Waals surface area contributed by atoms with Gasteiger partial charge >= 0.3 is 0 Å². The fourth-order valence-electron chi connectivity index (χ4n) is 2.54. The third-order valence-corrected chi connectivity index (χ3v) is 3.68. The molecule has 102 valence electrons. The van der Waals surface area contributed by atoms with Crippen LogP contribution in [0, 0.1) is 6.92 Å². The third-order valence-electron chi connectivity index (χ3n) is 3.68. The molecule has 0 N–H and O–H groups in total. The Balaban J connectivity index is 2.58. The van der Waals surface area contributed by atoms with Crippen LogP contribution in [0.1, 0.15) is 25.8 Å². The molecule has 0 spiro atoms. The van der Waals surface area contributed by atoms with Crippen LogP contribution < -0.4 is 10.4 Å². The Labute approximate surface area is 121 Å². The van der Waals surface area contributed by atoms with Crippen LogP contribution in [0.3, 0.4) is 0 Å². The minimum absolute atomic E-state index is 0.988. The molecule has 0 aliphatic heterocycles. The minimum Gasteiger partial charge on any atom is -0.0958 e. The topological polar surface area (TPSA) is 0 Å². The molecular weight excluding hydrogens is 240 g/mol. The first kappa shape index (κ1) is 14.3. The number of hydrogen-bond acceptors (Lipinski definition) is 0. The monoisotopic (exact) mass is 262 g/mol. The molecule has 0 saturated carbocycles. The molecule has 0 heteroatoms. The summed E-state index contributed by atoms with van der Waals surface area (Å²) in [5.74, 6) is 0. The van der Waals surface area contributed by atoms with Crippen LogP contribution in [0.2, 0.25) is 0 Å². The molecule has 0 aromatic heterocycles. The average Bonchev–Trinajstić information content (AvgIpc) is 2.42. The molecule has 2 aromatic carbocycles. The van der Waals surface area contributed by atoms with Gasteiger partial charge in [0.2, 0.25) is 0 Å².